The molecular weight excluding hydrogens is 313 g/mol. The summed E-state index contributed by atoms with van der Waals surface area (Å²) in [5.41, 5.74) is -0.821. The number of nitrogens with one attached hydrogen (secondary N) is 1. The van der Waals surface area contributed by atoms with E-state index in [4.69, 9.17) is 0 Å². The molecule has 0 aliphatic heterocycles. The van der Waals surface area contributed by atoms with E-state index >= 15 is 0 Å². The molecule has 1 aromatic rings. The van der Waals surface area contributed by atoms with E-state index in [1.165, 1.54) is 0 Å². The van der Waals surface area contributed by atoms with Crippen molar-refractivity contribution in [1.29, 1.82) is 0 Å². The standard InChI is InChI=1S/C14H21F3N4S/c1-4-5-6-9-21(3)13(18-2)19-8-7-12-20-11(10-22-12)14(15,16)17/h4,10H,1,5-9H2,2-3H3,(H,18,19). The Hall–Kier alpha value is -1.57. The topological polar surface area (TPSA) is 40.5 Å². The molecule has 0 amide bonds. The van der Waals surface area contributed by atoms with Gasteiger partial charge in [-0.2, -0.15) is 13.2 Å². The summed E-state index contributed by atoms with van der Waals surface area (Å²) in [5.74, 6) is 0.719. The molecule has 0 saturated carbocycles. The van der Waals surface area contributed by atoms with Gasteiger partial charge in [0, 0.05) is 39.0 Å². The number of aromatic nitrogens is 1. The van der Waals surface area contributed by atoms with E-state index < -0.39 is 11.9 Å². The van der Waals surface area contributed by atoms with Gasteiger partial charge in [0.05, 0.1) is 5.01 Å². The van der Waals surface area contributed by atoms with Crippen molar-refractivity contribution in [1.82, 2.24) is 15.2 Å². The van der Waals surface area contributed by atoms with Crippen LogP contribution in [0, 0.1) is 0 Å². The van der Waals surface area contributed by atoms with Crippen LogP contribution in [-0.4, -0.2) is 43.0 Å². The van der Waals surface area contributed by atoms with E-state index in [1.54, 1.807) is 7.05 Å². The van der Waals surface area contributed by atoms with Crippen LogP contribution >= 0.6 is 11.3 Å². The molecule has 8 heteroatoms. The predicted octanol–water partition coefficient (Wildman–Crippen LogP) is 3.18. The lowest BCUT2D eigenvalue weighted by Gasteiger charge is -2.21. The number of hydrogen-bond donors (Lipinski definition) is 1. The Morgan fingerprint density at radius 1 is 1.55 bits per heavy atom. The fourth-order valence-electron chi connectivity index (χ4n) is 1.80. The van der Waals surface area contributed by atoms with Crippen molar-refractivity contribution in [2.75, 3.05) is 27.2 Å². The molecule has 0 aliphatic carbocycles. The number of thiazole rings is 1. The van der Waals surface area contributed by atoms with Crippen molar-refractivity contribution in [3.63, 3.8) is 0 Å². The average Bonchev–Trinajstić information content (AvgIpc) is 2.92. The van der Waals surface area contributed by atoms with Gasteiger partial charge in [-0.25, -0.2) is 4.98 Å². The molecule has 0 fully saturated rings. The first-order valence-electron chi connectivity index (χ1n) is 6.92. The molecule has 4 nitrogen and oxygen atoms in total. The van der Waals surface area contributed by atoms with Crippen LogP contribution in [0.3, 0.4) is 0 Å². The second kappa shape index (κ2) is 8.77. The monoisotopic (exact) mass is 334 g/mol. The summed E-state index contributed by atoms with van der Waals surface area (Å²) >= 11 is 1.03. The summed E-state index contributed by atoms with van der Waals surface area (Å²) in [6, 6.07) is 0. The van der Waals surface area contributed by atoms with Gasteiger partial charge in [-0.15, -0.1) is 17.9 Å². The minimum atomic E-state index is -4.37. The zero-order valence-electron chi connectivity index (χ0n) is 12.8. The van der Waals surface area contributed by atoms with Gasteiger partial charge in [-0.05, 0) is 12.8 Å². The maximum atomic E-state index is 12.5. The zero-order valence-corrected chi connectivity index (χ0v) is 13.6. The molecule has 0 unspecified atom stereocenters. The highest BCUT2D eigenvalue weighted by molar-refractivity contribution is 7.09. The quantitative estimate of drug-likeness (QED) is 0.360. The predicted molar refractivity (Wildman–Crippen MR) is 84.2 cm³/mol. The van der Waals surface area contributed by atoms with Gasteiger partial charge < -0.3 is 10.2 Å². The Labute approximate surface area is 132 Å². The van der Waals surface area contributed by atoms with Gasteiger partial charge in [0.1, 0.15) is 0 Å². The molecular formula is C14H21F3N4S. The van der Waals surface area contributed by atoms with Crippen LogP contribution in [0.2, 0.25) is 0 Å². The van der Waals surface area contributed by atoms with Crippen molar-refractivity contribution in [2.24, 2.45) is 4.99 Å². The average molecular weight is 334 g/mol. The molecule has 1 heterocycles. The summed E-state index contributed by atoms with van der Waals surface area (Å²) in [5, 5.41) is 4.64. The molecule has 0 aromatic carbocycles. The Morgan fingerprint density at radius 2 is 2.27 bits per heavy atom. The number of aliphatic imine (C=N–C) groups is 1. The van der Waals surface area contributed by atoms with Crippen LogP contribution in [0.1, 0.15) is 23.5 Å². The van der Waals surface area contributed by atoms with Crippen molar-refractivity contribution in [3.05, 3.63) is 28.7 Å². The second-order valence-electron chi connectivity index (χ2n) is 4.70. The number of guanidine groups is 1. The molecule has 22 heavy (non-hydrogen) atoms. The van der Waals surface area contributed by atoms with Gasteiger partial charge in [0.2, 0.25) is 0 Å². The smallest absolute Gasteiger partial charge is 0.356 e. The van der Waals surface area contributed by atoms with Crippen molar-refractivity contribution in [3.8, 4) is 0 Å². The Bertz CT molecular complexity index is 497. The molecule has 0 spiro atoms. The molecule has 1 aromatic heterocycles. The maximum Gasteiger partial charge on any atom is 0.434 e. The van der Waals surface area contributed by atoms with Gasteiger partial charge in [0.15, 0.2) is 11.7 Å². The van der Waals surface area contributed by atoms with Crippen LogP contribution < -0.4 is 5.32 Å². The molecule has 1 rings (SSSR count). The van der Waals surface area contributed by atoms with E-state index in [1.807, 2.05) is 18.0 Å². The first kappa shape index (κ1) is 18.5. The summed E-state index contributed by atoms with van der Waals surface area (Å²) in [6.45, 7) is 5.00. The van der Waals surface area contributed by atoms with Crippen LogP contribution in [0.5, 0.6) is 0 Å². The first-order chi connectivity index (χ1) is 10.4. The SMILES string of the molecule is C=CCCCN(C)C(=NC)NCCc1nc(C(F)(F)F)cs1. The van der Waals surface area contributed by atoms with Gasteiger partial charge in [-0.1, -0.05) is 6.08 Å². The molecule has 0 bridgehead atoms. The maximum absolute atomic E-state index is 12.5. The minimum absolute atomic E-state index is 0.431. The fourth-order valence-corrected chi connectivity index (χ4v) is 2.61. The van der Waals surface area contributed by atoms with Crippen molar-refractivity contribution < 1.29 is 13.2 Å². The fraction of sp³-hybridized carbons (Fsp3) is 0.571. The molecule has 1 N–H and O–H groups in total. The van der Waals surface area contributed by atoms with Gasteiger partial charge in [-0.3, -0.25) is 4.99 Å². The molecule has 0 saturated heterocycles. The highest BCUT2D eigenvalue weighted by Gasteiger charge is 2.33. The molecule has 124 valence electrons. The van der Waals surface area contributed by atoms with Crippen LogP contribution in [0.4, 0.5) is 13.2 Å². The third-order valence-electron chi connectivity index (χ3n) is 2.94. The number of unbranched alkanes of at least 4 members (excludes halogenated alkanes) is 1. The Balaban J connectivity index is 2.41. The number of rotatable bonds is 7. The van der Waals surface area contributed by atoms with Crippen LogP contribution in [0.15, 0.2) is 23.0 Å². The zero-order chi connectivity index (χ0) is 16.6. The lowest BCUT2D eigenvalue weighted by molar-refractivity contribution is -0.140. The molecule has 0 atom stereocenters. The minimum Gasteiger partial charge on any atom is -0.356 e. The normalized spacial score (nSPS) is 12.3. The summed E-state index contributed by atoms with van der Waals surface area (Å²) in [4.78, 5) is 9.73. The number of alkyl halides is 3. The van der Waals surface area contributed by atoms with Gasteiger partial charge >= 0.3 is 6.18 Å². The van der Waals surface area contributed by atoms with Crippen molar-refractivity contribution >= 4 is 17.3 Å². The third kappa shape index (κ3) is 6.05. The van der Waals surface area contributed by atoms with Crippen LogP contribution in [-0.2, 0) is 12.6 Å². The first-order valence-corrected chi connectivity index (χ1v) is 7.80. The number of allylic oxidation sites excluding steroid dienone is 1. The molecule has 0 radical (unpaired) electrons. The van der Waals surface area contributed by atoms with E-state index in [9.17, 15) is 13.2 Å². The van der Waals surface area contributed by atoms with Gasteiger partial charge in [0.25, 0.3) is 0 Å². The number of nitrogens with zero attached hydrogens (tertiary/aromatic N) is 3. The second-order valence-corrected chi connectivity index (χ2v) is 5.64. The van der Waals surface area contributed by atoms with E-state index in [0.29, 0.717) is 18.0 Å². The highest BCUT2D eigenvalue weighted by atomic mass is 32.1. The summed E-state index contributed by atoms with van der Waals surface area (Å²) in [7, 11) is 3.60. The Morgan fingerprint density at radius 3 is 2.82 bits per heavy atom. The van der Waals surface area contributed by atoms with E-state index in [2.05, 4.69) is 21.9 Å². The van der Waals surface area contributed by atoms with Crippen LogP contribution in [0.25, 0.3) is 0 Å². The summed E-state index contributed by atoms with van der Waals surface area (Å²) in [6.07, 6.45) is -0.169. The third-order valence-corrected chi connectivity index (χ3v) is 3.85. The number of halogens is 3. The lowest BCUT2D eigenvalue weighted by Crippen LogP contribution is -2.40. The largest absolute Gasteiger partial charge is 0.434 e. The summed E-state index contributed by atoms with van der Waals surface area (Å²) < 4.78 is 37.4. The number of hydrogen-bond acceptors (Lipinski definition) is 3. The van der Waals surface area contributed by atoms with E-state index in [0.717, 1.165) is 42.1 Å². The Kier molecular flexibility index (Phi) is 7.37. The molecule has 0 aliphatic rings. The van der Waals surface area contributed by atoms with E-state index in [-0.39, 0.29) is 0 Å². The van der Waals surface area contributed by atoms with Crippen molar-refractivity contribution in [2.45, 2.75) is 25.4 Å². The highest BCUT2D eigenvalue weighted by Crippen LogP contribution is 2.29. The lowest BCUT2D eigenvalue weighted by atomic mass is 10.3.